The zero-order valence-electron chi connectivity index (χ0n) is 13.9. The number of amides is 1. The first kappa shape index (κ1) is 19.7. The third-order valence-electron chi connectivity index (χ3n) is 3.90. The van der Waals surface area contributed by atoms with E-state index in [0.717, 1.165) is 31.1 Å². The van der Waals surface area contributed by atoms with Crippen molar-refractivity contribution >= 4 is 17.6 Å². The lowest BCUT2D eigenvalue weighted by Gasteiger charge is -2.19. The SMILES string of the molecule is COC(=O)C1=C(Nc2ccc(F)c(C)c2C(F)(F)F)C(=O)N(CCO)C1. The van der Waals surface area contributed by atoms with Crippen molar-refractivity contribution in [1.82, 2.24) is 4.90 Å². The fourth-order valence-electron chi connectivity index (χ4n) is 2.64. The molecule has 0 unspecified atom stereocenters. The monoisotopic (exact) mass is 376 g/mol. The molecule has 0 aliphatic carbocycles. The second-order valence-corrected chi connectivity index (χ2v) is 5.51. The molecular weight excluding hydrogens is 360 g/mol. The molecule has 1 aromatic rings. The number of alkyl halides is 3. The number of nitrogens with zero attached hydrogens (tertiary/aromatic N) is 1. The number of benzene rings is 1. The number of methoxy groups -OCH3 is 1. The normalized spacial score (nSPS) is 14.9. The van der Waals surface area contributed by atoms with Crippen LogP contribution >= 0.6 is 0 Å². The first-order valence-electron chi connectivity index (χ1n) is 7.46. The van der Waals surface area contributed by atoms with Gasteiger partial charge in [-0.3, -0.25) is 4.79 Å². The molecule has 10 heteroatoms. The molecule has 2 N–H and O–H groups in total. The largest absolute Gasteiger partial charge is 0.466 e. The molecule has 0 saturated heterocycles. The minimum Gasteiger partial charge on any atom is -0.466 e. The Morgan fingerprint density at radius 1 is 1.38 bits per heavy atom. The third-order valence-corrected chi connectivity index (χ3v) is 3.90. The van der Waals surface area contributed by atoms with Crippen molar-refractivity contribution < 1.29 is 37.0 Å². The van der Waals surface area contributed by atoms with Gasteiger partial charge in [0.05, 0.1) is 37.1 Å². The lowest BCUT2D eigenvalue weighted by atomic mass is 10.0. The molecule has 1 aliphatic rings. The van der Waals surface area contributed by atoms with Crippen LogP contribution in [0.25, 0.3) is 0 Å². The van der Waals surface area contributed by atoms with Gasteiger partial charge in [-0.15, -0.1) is 0 Å². The van der Waals surface area contributed by atoms with Crippen molar-refractivity contribution in [3.05, 3.63) is 40.3 Å². The summed E-state index contributed by atoms with van der Waals surface area (Å²) in [5.74, 6) is -2.71. The van der Waals surface area contributed by atoms with Gasteiger partial charge in [-0.2, -0.15) is 13.2 Å². The number of carbonyl (C=O) groups is 2. The summed E-state index contributed by atoms with van der Waals surface area (Å²) in [6, 6.07) is 1.67. The maximum Gasteiger partial charge on any atom is 0.418 e. The maximum atomic E-state index is 13.6. The predicted octanol–water partition coefficient (Wildman–Crippen LogP) is 1.83. The summed E-state index contributed by atoms with van der Waals surface area (Å²) in [7, 11) is 1.06. The Balaban J connectivity index is 2.53. The number of aliphatic hydroxyl groups is 1. The van der Waals surface area contributed by atoms with Crippen LogP contribution in [0.1, 0.15) is 11.1 Å². The van der Waals surface area contributed by atoms with Gasteiger partial charge in [-0.25, -0.2) is 9.18 Å². The van der Waals surface area contributed by atoms with Gasteiger partial charge in [0.15, 0.2) is 0 Å². The quantitative estimate of drug-likeness (QED) is 0.606. The fourth-order valence-corrected chi connectivity index (χ4v) is 2.64. The number of hydrogen-bond acceptors (Lipinski definition) is 5. The van der Waals surface area contributed by atoms with Crippen LogP contribution in [0.2, 0.25) is 0 Å². The molecule has 1 heterocycles. The van der Waals surface area contributed by atoms with Crippen LogP contribution < -0.4 is 5.32 Å². The first-order valence-corrected chi connectivity index (χ1v) is 7.46. The average molecular weight is 376 g/mol. The number of halogens is 4. The Kier molecular flexibility index (Phi) is 5.55. The summed E-state index contributed by atoms with van der Waals surface area (Å²) in [6.07, 6.45) is -4.88. The summed E-state index contributed by atoms with van der Waals surface area (Å²) in [5.41, 5.74) is -3.06. The van der Waals surface area contributed by atoms with E-state index in [1.54, 1.807) is 0 Å². The maximum absolute atomic E-state index is 13.6. The molecular formula is C16H16F4N2O4. The van der Waals surface area contributed by atoms with Gasteiger partial charge in [-0.05, 0) is 24.6 Å². The van der Waals surface area contributed by atoms with E-state index in [-0.39, 0.29) is 18.7 Å². The predicted molar refractivity (Wildman–Crippen MR) is 82.5 cm³/mol. The minimum atomic E-state index is -4.88. The molecule has 2 rings (SSSR count). The summed E-state index contributed by atoms with van der Waals surface area (Å²) in [4.78, 5) is 25.3. The van der Waals surface area contributed by atoms with E-state index in [1.165, 1.54) is 0 Å². The lowest BCUT2D eigenvalue weighted by molar-refractivity contribution is -0.138. The van der Waals surface area contributed by atoms with Gasteiger partial charge in [0, 0.05) is 6.54 Å². The number of β-amino-alcohol motifs (C(OH)–C–C–N with tert-alkyl or cyclic N) is 1. The molecule has 0 fully saturated rings. The topological polar surface area (TPSA) is 78.9 Å². The number of aliphatic hydroxyl groups excluding tert-OH is 1. The van der Waals surface area contributed by atoms with E-state index < -0.39 is 53.0 Å². The van der Waals surface area contributed by atoms with Crippen molar-refractivity contribution in [2.24, 2.45) is 0 Å². The van der Waals surface area contributed by atoms with Gasteiger partial charge in [-0.1, -0.05) is 0 Å². The zero-order valence-corrected chi connectivity index (χ0v) is 13.9. The Morgan fingerprint density at radius 3 is 2.58 bits per heavy atom. The zero-order chi connectivity index (χ0) is 19.6. The Bertz CT molecular complexity index is 774. The molecule has 0 spiro atoms. The highest BCUT2D eigenvalue weighted by Crippen LogP contribution is 2.39. The first-order chi connectivity index (χ1) is 12.1. The molecule has 6 nitrogen and oxygen atoms in total. The highest BCUT2D eigenvalue weighted by atomic mass is 19.4. The number of hydrogen-bond donors (Lipinski definition) is 2. The van der Waals surface area contributed by atoms with E-state index in [4.69, 9.17) is 5.11 Å². The van der Waals surface area contributed by atoms with Crippen molar-refractivity contribution in [3.63, 3.8) is 0 Å². The van der Waals surface area contributed by atoms with Crippen molar-refractivity contribution in [1.29, 1.82) is 0 Å². The van der Waals surface area contributed by atoms with E-state index in [2.05, 4.69) is 10.1 Å². The van der Waals surface area contributed by atoms with E-state index >= 15 is 0 Å². The molecule has 0 bridgehead atoms. The van der Waals surface area contributed by atoms with E-state index in [9.17, 15) is 27.2 Å². The number of rotatable bonds is 5. The summed E-state index contributed by atoms with van der Waals surface area (Å²) >= 11 is 0. The lowest BCUT2D eigenvalue weighted by Crippen LogP contribution is -2.31. The van der Waals surface area contributed by atoms with Crippen LogP contribution in [0.5, 0.6) is 0 Å². The molecule has 0 atom stereocenters. The van der Waals surface area contributed by atoms with Crippen LogP contribution in [0.4, 0.5) is 23.2 Å². The standard InChI is InChI=1S/C16H16F4N2O4/c1-8-10(17)3-4-11(12(8)16(18,19)20)21-13-9(15(25)26-2)7-22(5-6-23)14(13)24/h3-4,21,23H,5-7H2,1-2H3. The van der Waals surface area contributed by atoms with Crippen LogP contribution in [0.15, 0.2) is 23.4 Å². The second-order valence-electron chi connectivity index (χ2n) is 5.51. The Morgan fingerprint density at radius 2 is 2.04 bits per heavy atom. The van der Waals surface area contributed by atoms with E-state index in [1.807, 2.05) is 0 Å². The number of esters is 1. The van der Waals surface area contributed by atoms with Crippen molar-refractivity contribution in [3.8, 4) is 0 Å². The number of carbonyl (C=O) groups excluding carboxylic acids is 2. The van der Waals surface area contributed by atoms with Gasteiger partial charge >= 0.3 is 12.1 Å². The molecule has 0 radical (unpaired) electrons. The van der Waals surface area contributed by atoms with Crippen LogP contribution in [0, 0.1) is 12.7 Å². The number of anilines is 1. The smallest absolute Gasteiger partial charge is 0.418 e. The average Bonchev–Trinajstić information content (AvgIpc) is 2.86. The molecule has 142 valence electrons. The number of ether oxygens (including phenoxy) is 1. The highest BCUT2D eigenvalue weighted by molar-refractivity contribution is 6.08. The van der Waals surface area contributed by atoms with Crippen LogP contribution in [-0.2, 0) is 20.5 Å². The molecule has 0 aromatic heterocycles. The molecule has 26 heavy (non-hydrogen) atoms. The summed E-state index contributed by atoms with van der Waals surface area (Å²) in [5, 5.41) is 11.3. The second kappa shape index (κ2) is 7.32. The highest BCUT2D eigenvalue weighted by Gasteiger charge is 2.39. The Labute approximate surface area is 146 Å². The molecule has 1 aliphatic heterocycles. The van der Waals surface area contributed by atoms with Gasteiger partial charge in [0.2, 0.25) is 0 Å². The van der Waals surface area contributed by atoms with Gasteiger partial charge in [0.25, 0.3) is 5.91 Å². The summed E-state index contributed by atoms with van der Waals surface area (Å²) in [6.45, 7) is 0.236. The summed E-state index contributed by atoms with van der Waals surface area (Å²) < 4.78 is 58.2. The van der Waals surface area contributed by atoms with Gasteiger partial charge in [0.1, 0.15) is 11.5 Å². The van der Waals surface area contributed by atoms with Crippen molar-refractivity contribution in [2.45, 2.75) is 13.1 Å². The Hall–Kier alpha value is -2.62. The van der Waals surface area contributed by atoms with Crippen LogP contribution in [-0.4, -0.2) is 48.7 Å². The molecule has 1 aromatic carbocycles. The van der Waals surface area contributed by atoms with Crippen molar-refractivity contribution in [2.75, 3.05) is 32.1 Å². The van der Waals surface area contributed by atoms with Crippen LogP contribution in [0.3, 0.4) is 0 Å². The van der Waals surface area contributed by atoms with Gasteiger partial charge < -0.3 is 20.1 Å². The molecule has 0 saturated carbocycles. The van der Waals surface area contributed by atoms with E-state index in [0.29, 0.717) is 0 Å². The molecule has 1 amide bonds. The minimum absolute atomic E-state index is 0.112. The number of nitrogens with one attached hydrogen (secondary N) is 1. The third kappa shape index (κ3) is 3.64. The fraction of sp³-hybridized carbons (Fsp3) is 0.375.